The second kappa shape index (κ2) is 15.3. The van der Waals surface area contributed by atoms with Crippen LogP contribution in [0.1, 0.15) is 92.2 Å². The summed E-state index contributed by atoms with van der Waals surface area (Å²) in [4.78, 5) is 21.3. The van der Waals surface area contributed by atoms with Gasteiger partial charge in [0.05, 0.1) is 0 Å². The summed E-state index contributed by atoms with van der Waals surface area (Å²) >= 11 is 0. The van der Waals surface area contributed by atoms with Crippen LogP contribution >= 0.6 is 0 Å². The standard InChI is InChI=1S/2C13H20O2.C6H6/c2*1-10(2)11-8-6-7-9-12(11)14-15-13(3,4)5;1-2-4-6-5-3-1/h2*6-10H,1-5H3;1-6H. The summed E-state index contributed by atoms with van der Waals surface area (Å²) < 4.78 is 0. The van der Waals surface area contributed by atoms with Crippen LogP contribution in [0.25, 0.3) is 0 Å². The zero-order valence-electron chi connectivity index (χ0n) is 23.9. The fraction of sp³-hybridized carbons (Fsp3) is 0.438. The molecule has 0 amide bonds. The number of rotatable bonds is 6. The third-order valence-electron chi connectivity index (χ3n) is 4.51. The summed E-state index contributed by atoms with van der Waals surface area (Å²) in [6, 6.07) is 27.9. The number of hydrogen-bond acceptors (Lipinski definition) is 4. The average molecular weight is 495 g/mol. The quantitative estimate of drug-likeness (QED) is 0.252. The van der Waals surface area contributed by atoms with Gasteiger partial charge in [0.25, 0.3) is 0 Å². The Balaban J connectivity index is 0.000000293. The summed E-state index contributed by atoms with van der Waals surface area (Å²) in [5.41, 5.74) is 1.76. The van der Waals surface area contributed by atoms with Gasteiger partial charge >= 0.3 is 0 Å². The van der Waals surface area contributed by atoms with Gasteiger partial charge in [-0.25, -0.2) is 0 Å². The molecule has 0 radical (unpaired) electrons. The van der Waals surface area contributed by atoms with Crippen molar-refractivity contribution in [2.24, 2.45) is 0 Å². The van der Waals surface area contributed by atoms with Crippen molar-refractivity contribution in [1.82, 2.24) is 0 Å². The van der Waals surface area contributed by atoms with E-state index in [-0.39, 0.29) is 11.2 Å². The lowest BCUT2D eigenvalue weighted by molar-refractivity contribution is -0.275. The highest BCUT2D eigenvalue weighted by molar-refractivity contribution is 5.35. The summed E-state index contributed by atoms with van der Waals surface area (Å²) in [5, 5.41) is 0. The van der Waals surface area contributed by atoms with Crippen LogP contribution in [-0.4, -0.2) is 11.2 Å². The molecule has 0 N–H and O–H groups in total. The zero-order valence-corrected chi connectivity index (χ0v) is 23.9. The summed E-state index contributed by atoms with van der Waals surface area (Å²) in [5.74, 6) is 2.49. The van der Waals surface area contributed by atoms with Gasteiger partial charge in [0.15, 0.2) is 11.5 Å². The molecule has 0 spiro atoms. The Hall–Kier alpha value is -2.82. The van der Waals surface area contributed by atoms with Crippen LogP contribution < -0.4 is 9.78 Å². The highest BCUT2D eigenvalue weighted by atomic mass is 17.2. The Kier molecular flexibility index (Phi) is 13.3. The lowest BCUT2D eigenvalue weighted by Crippen LogP contribution is -2.21. The Morgan fingerprint density at radius 3 is 0.972 bits per heavy atom. The van der Waals surface area contributed by atoms with Gasteiger partial charge in [-0.2, -0.15) is 9.78 Å². The van der Waals surface area contributed by atoms with E-state index in [0.717, 1.165) is 11.5 Å². The summed E-state index contributed by atoms with van der Waals surface area (Å²) in [6.07, 6.45) is 0. The Bertz CT molecular complexity index is 875. The molecule has 0 aliphatic carbocycles. The Morgan fingerprint density at radius 1 is 0.444 bits per heavy atom. The normalized spacial score (nSPS) is 11.2. The van der Waals surface area contributed by atoms with Crippen molar-refractivity contribution in [2.75, 3.05) is 0 Å². The largest absolute Gasteiger partial charge is 0.337 e. The lowest BCUT2D eigenvalue weighted by Gasteiger charge is -2.19. The molecule has 3 aromatic carbocycles. The molecule has 0 saturated heterocycles. The fourth-order valence-electron chi connectivity index (χ4n) is 2.79. The van der Waals surface area contributed by atoms with Gasteiger partial charge in [-0.05, 0) is 65.5 Å². The number of benzene rings is 3. The molecule has 4 heteroatoms. The van der Waals surface area contributed by atoms with Crippen molar-refractivity contribution in [3.05, 3.63) is 96.1 Å². The molecule has 3 aromatic rings. The summed E-state index contributed by atoms with van der Waals surface area (Å²) in [7, 11) is 0. The average Bonchev–Trinajstić information content (AvgIpc) is 2.83. The van der Waals surface area contributed by atoms with E-state index >= 15 is 0 Å². The maximum absolute atomic E-state index is 5.36. The van der Waals surface area contributed by atoms with Gasteiger partial charge in [-0.15, -0.1) is 0 Å². The van der Waals surface area contributed by atoms with Gasteiger partial charge < -0.3 is 9.78 Å². The molecule has 0 heterocycles. The molecule has 198 valence electrons. The first-order chi connectivity index (χ1) is 16.8. The molecule has 0 unspecified atom stereocenters. The van der Waals surface area contributed by atoms with E-state index in [4.69, 9.17) is 19.6 Å². The molecule has 0 aliphatic heterocycles. The smallest absolute Gasteiger partial charge is 0.168 e. The van der Waals surface area contributed by atoms with Crippen LogP contribution in [0, 0.1) is 0 Å². The van der Waals surface area contributed by atoms with Gasteiger partial charge in [0.2, 0.25) is 0 Å². The number of hydrogen-bond donors (Lipinski definition) is 0. The molecule has 0 atom stereocenters. The minimum absolute atomic E-state index is 0.288. The van der Waals surface area contributed by atoms with Crippen LogP contribution in [0.5, 0.6) is 11.5 Å². The topological polar surface area (TPSA) is 36.9 Å². The van der Waals surface area contributed by atoms with Crippen LogP contribution in [0.2, 0.25) is 0 Å². The maximum atomic E-state index is 5.36. The van der Waals surface area contributed by atoms with Gasteiger partial charge in [-0.3, -0.25) is 0 Å². The van der Waals surface area contributed by atoms with Gasteiger partial charge in [-0.1, -0.05) is 100 Å². The molecule has 0 aliphatic rings. The van der Waals surface area contributed by atoms with Gasteiger partial charge in [0.1, 0.15) is 11.2 Å². The van der Waals surface area contributed by atoms with E-state index in [1.54, 1.807) is 0 Å². The first-order valence-corrected chi connectivity index (χ1v) is 12.7. The van der Waals surface area contributed by atoms with Crippen molar-refractivity contribution in [3.63, 3.8) is 0 Å². The van der Waals surface area contributed by atoms with Crippen LogP contribution in [0.4, 0.5) is 0 Å². The predicted molar refractivity (Wildman–Crippen MR) is 150 cm³/mol. The molecule has 0 aromatic heterocycles. The second-order valence-electron chi connectivity index (χ2n) is 11.1. The number of para-hydroxylation sites is 2. The molecule has 3 rings (SSSR count). The van der Waals surface area contributed by atoms with Crippen LogP contribution in [0.15, 0.2) is 84.9 Å². The Labute approximate surface area is 219 Å². The SMILES string of the molecule is CC(C)c1ccccc1OOC(C)(C)C.CC(C)c1ccccc1OOC(C)(C)C.c1ccccc1. The van der Waals surface area contributed by atoms with E-state index in [1.807, 2.05) is 114 Å². The van der Waals surface area contributed by atoms with Crippen molar-refractivity contribution in [2.45, 2.75) is 92.3 Å². The van der Waals surface area contributed by atoms with Crippen molar-refractivity contribution < 1.29 is 19.6 Å². The lowest BCUT2D eigenvalue weighted by atomic mass is 10.0. The second-order valence-corrected chi connectivity index (χ2v) is 11.1. The first kappa shape index (κ1) is 31.2. The minimum atomic E-state index is -0.288. The first-order valence-electron chi connectivity index (χ1n) is 12.7. The third kappa shape index (κ3) is 13.9. The molecular formula is C32H46O4. The van der Waals surface area contributed by atoms with E-state index in [9.17, 15) is 0 Å². The third-order valence-corrected chi connectivity index (χ3v) is 4.51. The van der Waals surface area contributed by atoms with Crippen molar-refractivity contribution >= 4 is 0 Å². The van der Waals surface area contributed by atoms with Crippen LogP contribution in [0.3, 0.4) is 0 Å². The monoisotopic (exact) mass is 494 g/mol. The fourth-order valence-corrected chi connectivity index (χ4v) is 2.79. The van der Waals surface area contributed by atoms with Crippen LogP contribution in [-0.2, 0) is 9.78 Å². The van der Waals surface area contributed by atoms with E-state index in [2.05, 4.69) is 39.8 Å². The van der Waals surface area contributed by atoms with Crippen molar-refractivity contribution in [1.29, 1.82) is 0 Å². The van der Waals surface area contributed by atoms with E-state index in [1.165, 1.54) is 11.1 Å². The molecular weight excluding hydrogens is 448 g/mol. The molecule has 0 bridgehead atoms. The van der Waals surface area contributed by atoms with Crippen molar-refractivity contribution in [3.8, 4) is 11.5 Å². The highest BCUT2D eigenvalue weighted by Crippen LogP contribution is 2.28. The zero-order chi connectivity index (χ0) is 27.2. The molecule has 4 nitrogen and oxygen atoms in total. The minimum Gasteiger partial charge on any atom is -0.337 e. The Morgan fingerprint density at radius 2 is 0.722 bits per heavy atom. The van der Waals surface area contributed by atoms with E-state index < -0.39 is 0 Å². The molecule has 0 saturated carbocycles. The van der Waals surface area contributed by atoms with E-state index in [0.29, 0.717) is 11.8 Å². The summed E-state index contributed by atoms with van der Waals surface area (Å²) in [6.45, 7) is 20.3. The maximum Gasteiger partial charge on any atom is 0.168 e. The van der Waals surface area contributed by atoms with Gasteiger partial charge in [0, 0.05) is 11.1 Å². The molecule has 0 fully saturated rings. The molecule has 36 heavy (non-hydrogen) atoms. The predicted octanol–water partition coefficient (Wildman–Crippen LogP) is 9.52. The highest BCUT2D eigenvalue weighted by Gasteiger charge is 2.16.